The van der Waals surface area contributed by atoms with E-state index in [4.69, 9.17) is 5.11 Å². The van der Waals surface area contributed by atoms with Gasteiger partial charge in [-0.2, -0.15) is 0 Å². The number of anilines is 1. The number of Topliss-reactive ketones (excluding diaryl/α,β-unsaturated/α-hetero) is 1. The summed E-state index contributed by atoms with van der Waals surface area (Å²) in [4.78, 5) is 26.3. The molecule has 0 bridgehead atoms. The highest BCUT2D eigenvalue weighted by Gasteiger charge is 2.10. The molecule has 0 spiro atoms. The van der Waals surface area contributed by atoms with Crippen molar-refractivity contribution < 1.29 is 14.7 Å². The summed E-state index contributed by atoms with van der Waals surface area (Å²) in [5.74, 6) is -0.690. The van der Waals surface area contributed by atoms with Gasteiger partial charge in [0, 0.05) is 41.3 Å². The van der Waals surface area contributed by atoms with E-state index in [1.807, 2.05) is 67.5 Å². The van der Waals surface area contributed by atoms with Crippen LogP contribution in [0.3, 0.4) is 0 Å². The van der Waals surface area contributed by atoms with Gasteiger partial charge in [-0.3, -0.25) is 9.59 Å². The Morgan fingerprint density at radius 3 is 2.42 bits per heavy atom. The second-order valence-electron chi connectivity index (χ2n) is 6.52. The fraction of sp³-hybridized carbons (Fsp3) is 0.238. The molecular formula is C21H21NO3S. The molecule has 134 valence electrons. The standard InChI is InChI=1S/C21H21NO3S/c1-22(2)17-6-4-15(5-7-17)19(23)12-14-3-9-20-16(11-14)13-18(26-20)8-10-21(24)25/h3-7,9,11,13H,8,10,12H2,1-2H3,(H,24,25). The van der Waals surface area contributed by atoms with Gasteiger partial charge in [0.05, 0.1) is 6.42 Å². The Labute approximate surface area is 156 Å². The van der Waals surface area contributed by atoms with E-state index in [9.17, 15) is 9.59 Å². The highest BCUT2D eigenvalue weighted by atomic mass is 32.1. The molecule has 1 N–H and O–H groups in total. The third-order valence-electron chi connectivity index (χ3n) is 4.29. The predicted octanol–water partition coefficient (Wildman–Crippen LogP) is 4.41. The van der Waals surface area contributed by atoms with Crippen LogP contribution >= 0.6 is 11.3 Å². The van der Waals surface area contributed by atoms with Crippen molar-refractivity contribution in [1.82, 2.24) is 0 Å². The monoisotopic (exact) mass is 367 g/mol. The third-order valence-corrected chi connectivity index (χ3v) is 5.46. The summed E-state index contributed by atoms with van der Waals surface area (Å²) in [6, 6.07) is 15.7. The van der Waals surface area contributed by atoms with Crippen molar-refractivity contribution in [1.29, 1.82) is 0 Å². The molecule has 0 saturated carbocycles. The molecule has 1 aromatic heterocycles. The zero-order valence-electron chi connectivity index (χ0n) is 14.9. The second kappa shape index (κ2) is 7.70. The van der Waals surface area contributed by atoms with Gasteiger partial charge in [-0.25, -0.2) is 0 Å². The van der Waals surface area contributed by atoms with E-state index in [0.29, 0.717) is 18.4 Å². The molecule has 0 amide bonds. The molecule has 0 atom stereocenters. The highest BCUT2D eigenvalue weighted by Crippen LogP contribution is 2.28. The zero-order valence-corrected chi connectivity index (χ0v) is 15.7. The molecule has 0 saturated heterocycles. The lowest BCUT2D eigenvalue weighted by Gasteiger charge is -2.12. The summed E-state index contributed by atoms with van der Waals surface area (Å²) >= 11 is 1.61. The van der Waals surface area contributed by atoms with Crippen LogP contribution in [-0.2, 0) is 17.6 Å². The number of thiophene rings is 1. The van der Waals surface area contributed by atoms with Gasteiger partial charge in [-0.15, -0.1) is 11.3 Å². The molecule has 5 heteroatoms. The maximum Gasteiger partial charge on any atom is 0.303 e. The Hall–Kier alpha value is -2.66. The topological polar surface area (TPSA) is 57.6 Å². The smallest absolute Gasteiger partial charge is 0.303 e. The van der Waals surface area contributed by atoms with E-state index >= 15 is 0 Å². The maximum absolute atomic E-state index is 12.5. The summed E-state index contributed by atoms with van der Waals surface area (Å²) in [6.45, 7) is 0. The van der Waals surface area contributed by atoms with Crippen molar-refractivity contribution in [2.24, 2.45) is 0 Å². The molecule has 26 heavy (non-hydrogen) atoms. The predicted molar refractivity (Wildman–Crippen MR) is 107 cm³/mol. The van der Waals surface area contributed by atoms with Gasteiger partial charge >= 0.3 is 5.97 Å². The molecule has 4 nitrogen and oxygen atoms in total. The molecule has 0 aliphatic carbocycles. The summed E-state index contributed by atoms with van der Waals surface area (Å²) < 4.78 is 1.12. The Bertz CT molecular complexity index is 942. The van der Waals surface area contributed by atoms with E-state index < -0.39 is 5.97 Å². The number of benzene rings is 2. The first kappa shape index (κ1) is 18.1. The minimum absolute atomic E-state index is 0.0935. The number of carbonyl (C=O) groups is 2. The largest absolute Gasteiger partial charge is 0.481 e. The number of fused-ring (bicyclic) bond motifs is 1. The van der Waals surface area contributed by atoms with Gasteiger partial charge in [0.2, 0.25) is 0 Å². The van der Waals surface area contributed by atoms with Crippen molar-refractivity contribution in [3.05, 3.63) is 64.5 Å². The number of rotatable bonds is 7. The van der Waals surface area contributed by atoms with Crippen LogP contribution in [-0.4, -0.2) is 31.0 Å². The van der Waals surface area contributed by atoms with Crippen molar-refractivity contribution in [3.63, 3.8) is 0 Å². The molecule has 0 aliphatic rings. The highest BCUT2D eigenvalue weighted by molar-refractivity contribution is 7.19. The quantitative estimate of drug-likeness (QED) is 0.629. The average molecular weight is 367 g/mol. The van der Waals surface area contributed by atoms with Crippen molar-refractivity contribution in [2.75, 3.05) is 19.0 Å². The minimum Gasteiger partial charge on any atom is -0.481 e. The number of carboxylic acids is 1. The van der Waals surface area contributed by atoms with Gasteiger partial charge < -0.3 is 10.0 Å². The van der Waals surface area contributed by atoms with Crippen LogP contribution in [0.15, 0.2) is 48.5 Å². The van der Waals surface area contributed by atoms with Crippen molar-refractivity contribution in [2.45, 2.75) is 19.3 Å². The number of hydrogen-bond donors (Lipinski definition) is 1. The first-order valence-corrected chi connectivity index (χ1v) is 9.28. The fourth-order valence-corrected chi connectivity index (χ4v) is 3.89. The summed E-state index contributed by atoms with van der Waals surface area (Å²) in [7, 11) is 3.94. The van der Waals surface area contributed by atoms with Gasteiger partial charge in [0.15, 0.2) is 5.78 Å². The maximum atomic E-state index is 12.5. The van der Waals surface area contributed by atoms with Crippen LogP contribution in [0, 0.1) is 0 Å². The number of aliphatic carboxylic acids is 1. The van der Waals surface area contributed by atoms with Crippen LogP contribution in [0.25, 0.3) is 10.1 Å². The molecule has 1 heterocycles. The third kappa shape index (κ3) is 4.29. The fourth-order valence-electron chi connectivity index (χ4n) is 2.84. The Morgan fingerprint density at radius 1 is 1.04 bits per heavy atom. The number of carboxylic acid groups (broad SMARTS) is 1. The Balaban J connectivity index is 1.73. The number of ketones is 1. The molecule has 2 aromatic carbocycles. The lowest BCUT2D eigenvalue weighted by molar-refractivity contribution is -0.136. The molecule has 0 unspecified atom stereocenters. The summed E-state index contributed by atoms with van der Waals surface area (Å²) in [6.07, 6.45) is 1.04. The summed E-state index contributed by atoms with van der Waals surface area (Å²) in [5.41, 5.74) is 2.75. The van der Waals surface area contributed by atoms with Crippen molar-refractivity contribution in [3.8, 4) is 0 Å². The first-order valence-electron chi connectivity index (χ1n) is 8.46. The van der Waals surface area contributed by atoms with E-state index in [-0.39, 0.29) is 12.2 Å². The zero-order chi connectivity index (χ0) is 18.7. The molecule has 3 rings (SSSR count). The first-order chi connectivity index (χ1) is 12.4. The van der Waals surface area contributed by atoms with E-state index in [1.165, 1.54) is 0 Å². The molecule has 0 fully saturated rings. The average Bonchev–Trinajstić information content (AvgIpc) is 3.02. The van der Waals surface area contributed by atoms with Crippen LogP contribution in [0.1, 0.15) is 27.2 Å². The number of nitrogens with zero attached hydrogens (tertiary/aromatic N) is 1. The molecule has 0 radical (unpaired) electrons. The minimum atomic E-state index is -0.783. The van der Waals surface area contributed by atoms with Crippen LogP contribution in [0.4, 0.5) is 5.69 Å². The van der Waals surface area contributed by atoms with E-state index in [0.717, 1.165) is 26.2 Å². The Morgan fingerprint density at radius 2 is 1.77 bits per heavy atom. The SMILES string of the molecule is CN(C)c1ccc(C(=O)Cc2ccc3sc(CCC(=O)O)cc3c2)cc1. The van der Waals surface area contributed by atoms with Gasteiger partial charge in [0.25, 0.3) is 0 Å². The summed E-state index contributed by atoms with van der Waals surface area (Å²) in [5, 5.41) is 9.89. The second-order valence-corrected chi connectivity index (χ2v) is 7.69. The van der Waals surface area contributed by atoms with Gasteiger partial charge in [-0.05, 0) is 59.8 Å². The molecule has 3 aromatic rings. The lowest BCUT2D eigenvalue weighted by Crippen LogP contribution is -2.09. The Kier molecular flexibility index (Phi) is 5.38. The van der Waals surface area contributed by atoms with Crippen LogP contribution in [0.5, 0.6) is 0 Å². The van der Waals surface area contributed by atoms with Crippen molar-refractivity contribution >= 4 is 38.9 Å². The number of carbonyl (C=O) groups excluding carboxylic acids is 1. The van der Waals surface area contributed by atoms with Gasteiger partial charge in [0.1, 0.15) is 0 Å². The lowest BCUT2D eigenvalue weighted by atomic mass is 10.0. The molecular weight excluding hydrogens is 346 g/mol. The van der Waals surface area contributed by atoms with Crippen LogP contribution in [0.2, 0.25) is 0 Å². The number of hydrogen-bond acceptors (Lipinski definition) is 4. The van der Waals surface area contributed by atoms with E-state index in [1.54, 1.807) is 11.3 Å². The number of aryl methyl sites for hydroxylation is 1. The van der Waals surface area contributed by atoms with Gasteiger partial charge in [-0.1, -0.05) is 6.07 Å². The molecule has 0 aliphatic heterocycles. The van der Waals surface area contributed by atoms with E-state index in [2.05, 4.69) is 0 Å². The van der Waals surface area contributed by atoms with Crippen LogP contribution < -0.4 is 4.90 Å². The normalized spacial score (nSPS) is 10.8.